The molecule has 2 saturated heterocycles. The van der Waals surface area contributed by atoms with Crippen molar-refractivity contribution in [2.45, 2.75) is 75.4 Å². The number of carbonyl (C=O) groups excluding carboxylic acids is 1. The number of anilines is 1. The van der Waals surface area contributed by atoms with Gasteiger partial charge in [0, 0.05) is 48.9 Å². The van der Waals surface area contributed by atoms with Crippen LogP contribution in [0.1, 0.15) is 68.4 Å². The Balaban J connectivity index is 0.974. The summed E-state index contributed by atoms with van der Waals surface area (Å²) in [7, 11) is 0. The molecule has 7 heteroatoms. The van der Waals surface area contributed by atoms with Crippen LogP contribution in [0.3, 0.4) is 0 Å². The maximum absolute atomic E-state index is 12.5. The van der Waals surface area contributed by atoms with Gasteiger partial charge in [-0.25, -0.2) is 0 Å². The number of rotatable bonds is 6. The molecule has 38 heavy (non-hydrogen) atoms. The molecule has 0 aromatic heterocycles. The maximum Gasteiger partial charge on any atom is 0.244 e. The van der Waals surface area contributed by atoms with E-state index in [0.717, 1.165) is 30.9 Å². The summed E-state index contributed by atoms with van der Waals surface area (Å²) in [5, 5.41) is 17.8. The van der Waals surface area contributed by atoms with E-state index in [1.165, 1.54) is 56.3 Å². The summed E-state index contributed by atoms with van der Waals surface area (Å²) in [5.74, 6) is 2.28. The predicted octanol–water partition coefficient (Wildman–Crippen LogP) is 6.84. The molecular weight excluding hydrogens is 517 g/mol. The first-order valence-corrected chi connectivity index (χ1v) is 14.9. The molecule has 2 unspecified atom stereocenters. The summed E-state index contributed by atoms with van der Waals surface area (Å²) in [6.07, 6.45) is 13.0. The molecule has 4 aliphatic rings. The van der Waals surface area contributed by atoms with Gasteiger partial charge in [0.1, 0.15) is 5.75 Å². The van der Waals surface area contributed by atoms with Crippen molar-refractivity contribution in [3.05, 3.63) is 63.6 Å². The van der Waals surface area contributed by atoms with Crippen LogP contribution >= 0.6 is 23.2 Å². The highest BCUT2D eigenvalue weighted by Crippen LogP contribution is 2.48. The van der Waals surface area contributed by atoms with Crippen molar-refractivity contribution in [2.24, 2.45) is 11.8 Å². The van der Waals surface area contributed by atoms with E-state index in [1.807, 2.05) is 18.2 Å². The maximum atomic E-state index is 12.5. The third-order valence-corrected chi connectivity index (χ3v) is 10.2. The monoisotopic (exact) mass is 553 g/mol. The van der Waals surface area contributed by atoms with Crippen molar-refractivity contribution in [2.75, 3.05) is 18.4 Å². The van der Waals surface area contributed by atoms with Crippen LogP contribution in [-0.4, -0.2) is 47.1 Å². The first-order valence-electron chi connectivity index (χ1n) is 14.2. The molecular formula is C31H37Cl2N3O2. The number of halogens is 2. The van der Waals surface area contributed by atoms with Crippen molar-refractivity contribution >= 4 is 40.9 Å². The normalized spacial score (nSPS) is 30.8. The Kier molecular flexibility index (Phi) is 7.61. The fourth-order valence-corrected chi connectivity index (χ4v) is 7.84. The smallest absolute Gasteiger partial charge is 0.244 e. The fraction of sp³-hybridized carbons (Fsp3) is 0.516. The van der Waals surface area contributed by atoms with Crippen LogP contribution in [0.25, 0.3) is 6.08 Å². The topological polar surface area (TPSA) is 64.6 Å². The number of benzene rings is 2. The van der Waals surface area contributed by atoms with E-state index in [1.54, 1.807) is 30.4 Å². The molecule has 3 fully saturated rings. The van der Waals surface area contributed by atoms with Gasteiger partial charge in [-0.05, 0) is 111 Å². The molecule has 3 heterocycles. The van der Waals surface area contributed by atoms with Gasteiger partial charge in [0.15, 0.2) is 0 Å². The molecule has 2 bridgehead atoms. The van der Waals surface area contributed by atoms with Gasteiger partial charge in [0.2, 0.25) is 5.91 Å². The third kappa shape index (κ3) is 5.57. The second-order valence-corrected chi connectivity index (χ2v) is 12.6. The van der Waals surface area contributed by atoms with Crippen molar-refractivity contribution in [1.82, 2.24) is 10.2 Å². The number of fused-ring (bicyclic) bond motifs is 3. The lowest BCUT2D eigenvalue weighted by molar-refractivity contribution is -0.117. The number of nitrogens with zero attached hydrogens (tertiary/aromatic N) is 1. The molecule has 1 aliphatic carbocycles. The lowest BCUT2D eigenvalue weighted by atomic mass is 9.77. The van der Waals surface area contributed by atoms with Gasteiger partial charge in [-0.1, -0.05) is 29.3 Å². The van der Waals surface area contributed by atoms with Crippen LogP contribution in [-0.2, 0) is 4.79 Å². The largest absolute Gasteiger partial charge is 0.508 e. The highest BCUT2D eigenvalue weighted by atomic mass is 35.5. The number of aromatic hydroxyl groups is 1. The average Bonchev–Trinajstić information content (AvgIpc) is 3.41. The molecule has 3 atom stereocenters. The molecule has 1 amide bonds. The molecule has 1 saturated carbocycles. The standard InChI is InChI=1S/C31H37Cl2N3O2/c32-28-10-3-19(13-29(28)33)4-12-31(38)35-22-5-1-20(2-6-22)18-36-23-7-8-24(36)15-21(14-23)27-17-34-30-11-9-25(37)16-26(27)30/h3-4,9-13,16,20-24,27,34,37H,1-2,5-8,14-15,17-18H2,(H,35,38)/b12-4+/t20?,21?,22?,23?,24?,27-/m0/s1. The van der Waals surface area contributed by atoms with Crippen molar-refractivity contribution < 1.29 is 9.90 Å². The van der Waals surface area contributed by atoms with Crippen molar-refractivity contribution in [3.63, 3.8) is 0 Å². The Morgan fingerprint density at radius 1 is 1.00 bits per heavy atom. The van der Waals surface area contributed by atoms with Gasteiger partial charge in [0.25, 0.3) is 0 Å². The number of amides is 1. The number of nitrogens with one attached hydrogen (secondary N) is 2. The highest BCUT2D eigenvalue weighted by molar-refractivity contribution is 6.42. The molecule has 5 nitrogen and oxygen atoms in total. The molecule has 0 radical (unpaired) electrons. The molecule has 6 rings (SSSR count). The lowest BCUT2D eigenvalue weighted by Gasteiger charge is -2.43. The summed E-state index contributed by atoms with van der Waals surface area (Å²) >= 11 is 12.0. The van der Waals surface area contributed by atoms with E-state index in [9.17, 15) is 9.90 Å². The van der Waals surface area contributed by atoms with Gasteiger partial charge >= 0.3 is 0 Å². The second kappa shape index (κ2) is 11.1. The Labute approximate surface area is 235 Å². The Bertz CT molecular complexity index is 1200. The van der Waals surface area contributed by atoms with Gasteiger partial charge in [-0.15, -0.1) is 0 Å². The molecule has 2 aromatic rings. The predicted molar refractivity (Wildman–Crippen MR) is 155 cm³/mol. The van der Waals surface area contributed by atoms with E-state index in [2.05, 4.69) is 15.5 Å². The average molecular weight is 555 g/mol. The minimum Gasteiger partial charge on any atom is -0.508 e. The highest BCUT2D eigenvalue weighted by Gasteiger charge is 2.45. The second-order valence-electron chi connectivity index (χ2n) is 11.8. The Hall–Kier alpha value is -2.21. The number of hydrogen-bond acceptors (Lipinski definition) is 4. The fourth-order valence-electron chi connectivity index (χ4n) is 7.54. The van der Waals surface area contributed by atoms with Gasteiger partial charge in [-0.2, -0.15) is 0 Å². The van der Waals surface area contributed by atoms with Crippen LogP contribution in [0.15, 0.2) is 42.5 Å². The SMILES string of the molecule is O=C(/C=C/c1ccc(Cl)c(Cl)c1)NC1CCC(CN2C3CCC2CC([C@@H]2CNc4ccc(O)cc42)C3)CC1. The molecule has 2 aromatic carbocycles. The number of phenols is 1. The minimum atomic E-state index is -0.0454. The van der Waals surface area contributed by atoms with Crippen LogP contribution in [0.5, 0.6) is 5.75 Å². The minimum absolute atomic E-state index is 0.0454. The zero-order valence-electron chi connectivity index (χ0n) is 21.7. The zero-order chi connectivity index (χ0) is 26.2. The Morgan fingerprint density at radius 3 is 2.50 bits per heavy atom. The van der Waals surface area contributed by atoms with Gasteiger partial charge in [-0.3, -0.25) is 9.69 Å². The summed E-state index contributed by atoms with van der Waals surface area (Å²) in [5.41, 5.74) is 3.38. The molecule has 202 valence electrons. The lowest BCUT2D eigenvalue weighted by Crippen LogP contribution is -2.47. The van der Waals surface area contributed by atoms with Gasteiger partial charge in [0.05, 0.1) is 10.0 Å². The van der Waals surface area contributed by atoms with E-state index in [4.69, 9.17) is 23.2 Å². The van der Waals surface area contributed by atoms with Crippen LogP contribution in [0, 0.1) is 11.8 Å². The zero-order valence-corrected chi connectivity index (χ0v) is 23.2. The summed E-state index contributed by atoms with van der Waals surface area (Å²) in [6.45, 7) is 2.21. The summed E-state index contributed by atoms with van der Waals surface area (Å²) in [6, 6.07) is 12.8. The third-order valence-electron chi connectivity index (χ3n) is 9.47. The van der Waals surface area contributed by atoms with E-state index < -0.39 is 0 Å². The summed E-state index contributed by atoms with van der Waals surface area (Å²) in [4.78, 5) is 15.3. The van der Waals surface area contributed by atoms with Crippen LogP contribution < -0.4 is 10.6 Å². The van der Waals surface area contributed by atoms with Crippen LogP contribution in [0.4, 0.5) is 5.69 Å². The number of hydrogen-bond donors (Lipinski definition) is 3. The first-order chi connectivity index (χ1) is 18.4. The van der Waals surface area contributed by atoms with Gasteiger partial charge < -0.3 is 15.7 Å². The van der Waals surface area contributed by atoms with Crippen molar-refractivity contribution in [3.8, 4) is 5.75 Å². The quantitative estimate of drug-likeness (QED) is 0.270. The first kappa shape index (κ1) is 26.0. The molecule has 0 spiro atoms. The molecule has 3 N–H and O–H groups in total. The molecule has 3 aliphatic heterocycles. The Morgan fingerprint density at radius 2 is 1.76 bits per heavy atom. The van der Waals surface area contributed by atoms with E-state index in [-0.39, 0.29) is 11.9 Å². The number of carbonyl (C=O) groups is 1. The number of phenolic OH excluding ortho intramolecular Hbond substituents is 1. The summed E-state index contributed by atoms with van der Waals surface area (Å²) < 4.78 is 0. The van der Waals surface area contributed by atoms with Crippen LogP contribution in [0.2, 0.25) is 10.0 Å². The number of piperidine rings is 1. The van der Waals surface area contributed by atoms with Crippen molar-refractivity contribution in [1.29, 1.82) is 0 Å². The van der Waals surface area contributed by atoms with E-state index in [0.29, 0.717) is 39.7 Å². The van der Waals surface area contributed by atoms with E-state index >= 15 is 0 Å².